The zero-order valence-corrected chi connectivity index (χ0v) is 17.2. The molecule has 0 aromatic heterocycles. The molecule has 1 aliphatic rings. The van der Waals surface area contributed by atoms with Crippen molar-refractivity contribution in [1.29, 1.82) is 0 Å². The average molecular weight is 409 g/mol. The monoisotopic (exact) mass is 408 g/mol. The van der Waals surface area contributed by atoms with Crippen LogP contribution in [0.1, 0.15) is 76.5 Å². The summed E-state index contributed by atoms with van der Waals surface area (Å²) in [5, 5.41) is 2.73. The molecule has 1 aliphatic heterocycles. The Bertz CT molecular complexity index is 951. The summed E-state index contributed by atoms with van der Waals surface area (Å²) in [5.41, 5.74) is 13.7. The van der Waals surface area contributed by atoms with Gasteiger partial charge in [-0.05, 0) is 42.8 Å². The summed E-state index contributed by atoms with van der Waals surface area (Å²) in [6.45, 7) is 2.59. The molecule has 0 radical (unpaired) electrons. The fraction of sp³-hybridized carbons (Fsp3) is 0.348. The van der Waals surface area contributed by atoms with Gasteiger partial charge in [-0.2, -0.15) is 0 Å². The largest absolute Gasteiger partial charge is 0.399 e. The van der Waals surface area contributed by atoms with Crippen LogP contribution in [0.3, 0.4) is 0 Å². The van der Waals surface area contributed by atoms with Crippen LogP contribution in [0.2, 0.25) is 0 Å². The second-order valence-electron chi connectivity index (χ2n) is 7.63. The smallest absolute Gasteiger partial charge is 0.261 e. The van der Waals surface area contributed by atoms with Crippen molar-refractivity contribution in [2.45, 2.75) is 45.4 Å². The van der Waals surface area contributed by atoms with E-state index in [9.17, 15) is 14.4 Å². The van der Waals surface area contributed by atoms with E-state index in [1.165, 1.54) is 36.3 Å². The zero-order valence-electron chi connectivity index (χ0n) is 17.2. The van der Waals surface area contributed by atoms with Gasteiger partial charge in [-0.3, -0.25) is 19.3 Å². The number of fused-ring (bicyclic) bond motifs is 1. The minimum Gasteiger partial charge on any atom is -0.399 e. The molecule has 0 saturated heterocycles. The first-order valence-corrected chi connectivity index (χ1v) is 10.4. The Morgan fingerprint density at radius 2 is 1.50 bits per heavy atom. The Balaban J connectivity index is 1.65. The van der Waals surface area contributed by atoms with Gasteiger partial charge in [-0.1, -0.05) is 39.0 Å². The summed E-state index contributed by atoms with van der Waals surface area (Å²) in [6.07, 6.45) is 6.49. The fourth-order valence-electron chi connectivity index (χ4n) is 3.63. The molecule has 0 spiro atoms. The molecule has 0 bridgehead atoms. The number of carbonyl (C=O) groups is 3. The molecule has 30 heavy (non-hydrogen) atoms. The van der Waals surface area contributed by atoms with Crippen molar-refractivity contribution in [3.8, 4) is 0 Å². The minimum atomic E-state index is -0.394. The zero-order chi connectivity index (χ0) is 21.7. The maximum absolute atomic E-state index is 12.7. The number of imide groups is 1. The quantitative estimate of drug-likeness (QED) is 0.328. The Kier molecular flexibility index (Phi) is 6.72. The molecule has 3 rings (SSSR count). The number of nitrogens with one attached hydrogen (secondary N) is 1. The van der Waals surface area contributed by atoms with E-state index in [4.69, 9.17) is 11.5 Å². The molecular weight excluding hydrogens is 380 g/mol. The summed E-state index contributed by atoms with van der Waals surface area (Å²) >= 11 is 0. The van der Waals surface area contributed by atoms with Gasteiger partial charge >= 0.3 is 0 Å². The molecule has 0 fully saturated rings. The van der Waals surface area contributed by atoms with E-state index < -0.39 is 5.91 Å². The third-order valence-electron chi connectivity index (χ3n) is 5.20. The molecule has 1 heterocycles. The Morgan fingerprint density at radius 3 is 2.20 bits per heavy atom. The number of hydrogen-bond donors (Lipinski definition) is 3. The number of hydrogen-bond acceptors (Lipinski definition) is 5. The van der Waals surface area contributed by atoms with E-state index in [0.717, 1.165) is 19.3 Å². The van der Waals surface area contributed by atoms with Gasteiger partial charge in [0.05, 0.1) is 11.1 Å². The first-order chi connectivity index (χ1) is 14.4. The Morgan fingerprint density at radius 1 is 0.867 bits per heavy atom. The van der Waals surface area contributed by atoms with Gasteiger partial charge in [0, 0.05) is 29.2 Å². The molecular formula is C23H28N4O3. The van der Waals surface area contributed by atoms with Gasteiger partial charge in [0.2, 0.25) is 0 Å². The van der Waals surface area contributed by atoms with Crippen LogP contribution in [0, 0.1) is 0 Å². The van der Waals surface area contributed by atoms with Crippen molar-refractivity contribution in [2.75, 3.05) is 23.3 Å². The molecule has 7 heteroatoms. The highest BCUT2D eigenvalue weighted by Gasteiger charge is 2.35. The number of nitrogens with zero attached hydrogens (tertiary/aromatic N) is 1. The molecule has 7 nitrogen and oxygen atoms in total. The van der Waals surface area contributed by atoms with E-state index in [-0.39, 0.29) is 11.8 Å². The topological polar surface area (TPSA) is 119 Å². The molecule has 0 saturated carbocycles. The number of amides is 3. The molecule has 0 aliphatic carbocycles. The third-order valence-corrected chi connectivity index (χ3v) is 5.20. The minimum absolute atomic E-state index is 0.273. The third kappa shape index (κ3) is 4.79. The second kappa shape index (κ2) is 9.43. The molecule has 2 aromatic rings. The molecule has 2 aromatic carbocycles. The van der Waals surface area contributed by atoms with Crippen molar-refractivity contribution in [2.24, 2.45) is 0 Å². The van der Waals surface area contributed by atoms with Crippen molar-refractivity contribution in [3.05, 3.63) is 53.1 Å². The van der Waals surface area contributed by atoms with E-state index in [0.29, 0.717) is 40.3 Å². The maximum Gasteiger partial charge on any atom is 0.261 e. The van der Waals surface area contributed by atoms with Crippen molar-refractivity contribution in [1.82, 2.24) is 4.90 Å². The lowest BCUT2D eigenvalue weighted by molar-refractivity contribution is 0.0651. The highest BCUT2D eigenvalue weighted by Crippen LogP contribution is 2.27. The average Bonchev–Trinajstić information content (AvgIpc) is 2.94. The fourth-order valence-corrected chi connectivity index (χ4v) is 3.63. The first kappa shape index (κ1) is 21.4. The highest BCUT2D eigenvalue weighted by atomic mass is 16.2. The normalized spacial score (nSPS) is 12.9. The Labute approximate surface area is 176 Å². The summed E-state index contributed by atoms with van der Waals surface area (Å²) in [4.78, 5) is 39.1. The molecule has 158 valence electrons. The number of carbonyl (C=O) groups excluding carboxylic acids is 3. The lowest BCUT2D eigenvalue weighted by Gasteiger charge is -2.13. The van der Waals surface area contributed by atoms with Crippen LogP contribution in [0.15, 0.2) is 36.4 Å². The number of rotatable bonds is 9. The molecule has 5 N–H and O–H groups in total. The van der Waals surface area contributed by atoms with Crippen LogP contribution in [0.25, 0.3) is 0 Å². The van der Waals surface area contributed by atoms with Crippen LogP contribution < -0.4 is 16.8 Å². The van der Waals surface area contributed by atoms with E-state index in [2.05, 4.69) is 12.2 Å². The highest BCUT2D eigenvalue weighted by molar-refractivity contribution is 6.22. The maximum atomic E-state index is 12.7. The van der Waals surface area contributed by atoms with Gasteiger partial charge in [0.25, 0.3) is 17.7 Å². The number of benzene rings is 2. The predicted octanol–water partition coefficient (Wildman–Crippen LogP) is 4.06. The van der Waals surface area contributed by atoms with Crippen molar-refractivity contribution in [3.63, 3.8) is 0 Å². The Hall–Kier alpha value is -3.35. The summed E-state index contributed by atoms with van der Waals surface area (Å²) in [7, 11) is 0. The lowest BCUT2D eigenvalue weighted by Crippen LogP contribution is -2.30. The van der Waals surface area contributed by atoms with Gasteiger partial charge in [0.15, 0.2) is 0 Å². The standard InChI is InChI=1S/C23H28N4O3/c1-2-3-4-5-6-7-10-27-22(29)19-9-8-18(14-20(19)23(27)30)26-21(28)15-11-16(24)13-17(25)12-15/h8-9,11-14H,2-7,10,24-25H2,1H3,(H,26,28). The molecule has 3 amide bonds. The van der Waals surface area contributed by atoms with E-state index in [1.54, 1.807) is 24.3 Å². The summed E-state index contributed by atoms with van der Waals surface area (Å²) in [5.74, 6) is -0.979. The second-order valence-corrected chi connectivity index (χ2v) is 7.63. The van der Waals surface area contributed by atoms with E-state index in [1.807, 2.05) is 0 Å². The van der Waals surface area contributed by atoms with Crippen molar-refractivity contribution >= 4 is 34.8 Å². The van der Waals surface area contributed by atoms with Crippen LogP contribution in [0.4, 0.5) is 17.1 Å². The van der Waals surface area contributed by atoms with E-state index >= 15 is 0 Å². The van der Waals surface area contributed by atoms with Crippen LogP contribution >= 0.6 is 0 Å². The number of nitrogen functional groups attached to an aromatic ring is 2. The summed E-state index contributed by atoms with van der Waals surface area (Å²) < 4.78 is 0. The summed E-state index contributed by atoms with van der Waals surface area (Å²) in [6, 6.07) is 9.36. The number of unbranched alkanes of at least 4 members (excludes halogenated alkanes) is 5. The van der Waals surface area contributed by atoms with Crippen LogP contribution in [0.5, 0.6) is 0 Å². The SMILES string of the molecule is CCCCCCCCN1C(=O)c2ccc(NC(=O)c3cc(N)cc(N)c3)cc2C1=O. The lowest BCUT2D eigenvalue weighted by atomic mass is 10.1. The van der Waals surface area contributed by atoms with Crippen molar-refractivity contribution < 1.29 is 14.4 Å². The predicted molar refractivity (Wildman–Crippen MR) is 118 cm³/mol. The van der Waals surface area contributed by atoms with Gasteiger partial charge < -0.3 is 16.8 Å². The number of nitrogens with two attached hydrogens (primary N) is 2. The molecule has 0 unspecified atom stereocenters. The molecule has 0 atom stereocenters. The first-order valence-electron chi connectivity index (χ1n) is 10.4. The van der Waals surface area contributed by atoms with Crippen LogP contribution in [-0.4, -0.2) is 29.2 Å². The van der Waals surface area contributed by atoms with Crippen LogP contribution in [-0.2, 0) is 0 Å². The number of anilines is 3. The van der Waals surface area contributed by atoms with Gasteiger partial charge in [-0.15, -0.1) is 0 Å². The van der Waals surface area contributed by atoms with Gasteiger partial charge in [0.1, 0.15) is 0 Å². The van der Waals surface area contributed by atoms with Gasteiger partial charge in [-0.25, -0.2) is 0 Å².